The topological polar surface area (TPSA) is 27.0 Å². The normalized spacial score (nSPS) is 28.9. The van der Waals surface area contributed by atoms with Crippen LogP contribution in [0.15, 0.2) is 0 Å². The van der Waals surface area contributed by atoms with E-state index in [9.17, 15) is 5.26 Å². The molecule has 2 fully saturated rings. The summed E-state index contributed by atoms with van der Waals surface area (Å²) in [7, 11) is 2.16. The van der Waals surface area contributed by atoms with E-state index in [0.29, 0.717) is 5.92 Å². The summed E-state index contributed by atoms with van der Waals surface area (Å²) in [4.78, 5) is 2.35. The molecule has 2 aliphatic rings. The smallest absolute Gasteiger partial charge is 0.0693 e. The number of piperidine rings is 1. The van der Waals surface area contributed by atoms with E-state index in [-0.39, 0.29) is 5.41 Å². The third kappa shape index (κ3) is 1.66. The average molecular weight is 192 g/mol. The number of hydrogen-bond acceptors (Lipinski definition) is 2. The van der Waals surface area contributed by atoms with Crippen LogP contribution < -0.4 is 0 Å². The molecule has 0 aromatic heterocycles. The number of nitrogens with zero attached hydrogens (tertiary/aromatic N) is 2. The second-order valence-electron chi connectivity index (χ2n) is 5.05. The third-order valence-corrected chi connectivity index (χ3v) is 4.24. The molecule has 78 valence electrons. The zero-order valence-corrected chi connectivity index (χ0v) is 9.13. The molecule has 0 unspecified atom stereocenters. The largest absolute Gasteiger partial charge is 0.306 e. The van der Waals surface area contributed by atoms with Crippen LogP contribution in [0.3, 0.4) is 0 Å². The molecule has 0 atom stereocenters. The zero-order chi connectivity index (χ0) is 10.0. The van der Waals surface area contributed by atoms with Crippen LogP contribution >= 0.6 is 0 Å². The fourth-order valence-corrected chi connectivity index (χ4v) is 3.11. The van der Waals surface area contributed by atoms with Gasteiger partial charge in [0, 0.05) is 0 Å². The van der Waals surface area contributed by atoms with E-state index in [1.54, 1.807) is 0 Å². The summed E-state index contributed by atoms with van der Waals surface area (Å²) in [6.07, 6.45) is 7.51. The molecule has 0 aromatic carbocycles. The van der Waals surface area contributed by atoms with E-state index in [1.165, 1.54) is 25.7 Å². The Bertz CT molecular complexity index is 227. The fourth-order valence-electron chi connectivity index (χ4n) is 3.11. The van der Waals surface area contributed by atoms with Crippen molar-refractivity contribution in [3.05, 3.63) is 0 Å². The molecule has 1 saturated carbocycles. The van der Waals surface area contributed by atoms with Gasteiger partial charge in [-0.3, -0.25) is 0 Å². The Balaban J connectivity index is 2.06. The highest BCUT2D eigenvalue weighted by molar-refractivity contribution is 5.06. The van der Waals surface area contributed by atoms with Crippen LogP contribution in [-0.4, -0.2) is 25.0 Å². The van der Waals surface area contributed by atoms with Gasteiger partial charge < -0.3 is 4.90 Å². The van der Waals surface area contributed by atoms with E-state index in [1.807, 2.05) is 0 Å². The van der Waals surface area contributed by atoms with Crippen LogP contribution in [0.4, 0.5) is 0 Å². The lowest BCUT2D eigenvalue weighted by atomic mass is 9.69. The Kier molecular flexibility index (Phi) is 2.78. The lowest BCUT2D eigenvalue weighted by Crippen LogP contribution is -2.40. The predicted molar refractivity (Wildman–Crippen MR) is 56.7 cm³/mol. The van der Waals surface area contributed by atoms with Crippen LogP contribution in [-0.2, 0) is 0 Å². The van der Waals surface area contributed by atoms with Gasteiger partial charge in [0.1, 0.15) is 0 Å². The summed E-state index contributed by atoms with van der Waals surface area (Å²) in [6, 6.07) is 2.65. The number of likely N-dealkylation sites (tertiary alicyclic amines) is 1. The Labute approximate surface area is 86.9 Å². The van der Waals surface area contributed by atoms with Crippen LogP contribution in [0.2, 0.25) is 0 Å². The van der Waals surface area contributed by atoms with Gasteiger partial charge in [-0.15, -0.1) is 0 Å². The van der Waals surface area contributed by atoms with Crippen LogP contribution in [0, 0.1) is 22.7 Å². The molecule has 0 aromatic rings. The number of nitriles is 1. The summed E-state index contributed by atoms with van der Waals surface area (Å²) in [5.74, 6) is 0.709. The molecule has 0 N–H and O–H groups in total. The third-order valence-electron chi connectivity index (χ3n) is 4.24. The van der Waals surface area contributed by atoms with Gasteiger partial charge in [-0.1, -0.05) is 12.8 Å². The van der Waals surface area contributed by atoms with Crippen molar-refractivity contribution in [2.75, 3.05) is 20.1 Å². The van der Waals surface area contributed by atoms with Gasteiger partial charge in [0.25, 0.3) is 0 Å². The summed E-state index contributed by atoms with van der Waals surface area (Å²) in [6.45, 7) is 2.23. The minimum Gasteiger partial charge on any atom is -0.306 e. The summed E-state index contributed by atoms with van der Waals surface area (Å²) in [5.41, 5.74) is 0.0447. The van der Waals surface area contributed by atoms with E-state index in [0.717, 1.165) is 25.9 Å². The van der Waals surface area contributed by atoms with E-state index in [4.69, 9.17) is 0 Å². The average Bonchev–Trinajstić information content (AvgIpc) is 2.73. The van der Waals surface area contributed by atoms with Gasteiger partial charge in [-0.25, -0.2) is 0 Å². The van der Waals surface area contributed by atoms with Crippen LogP contribution in [0.25, 0.3) is 0 Å². The first-order valence-electron chi connectivity index (χ1n) is 5.87. The van der Waals surface area contributed by atoms with Gasteiger partial charge in [0.15, 0.2) is 0 Å². The summed E-state index contributed by atoms with van der Waals surface area (Å²) in [5, 5.41) is 9.42. The van der Waals surface area contributed by atoms with Crippen molar-refractivity contribution in [3.63, 3.8) is 0 Å². The van der Waals surface area contributed by atoms with Gasteiger partial charge in [0.05, 0.1) is 11.5 Å². The first kappa shape index (κ1) is 9.98. The molecule has 2 rings (SSSR count). The van der Waals surface area contributed by atoms with E-state index < -0.39 is 0 Å². The Morgan fingerprint density at radius 3 is 2.29 bits per heavy atom. The number of hydrogen-bond donors (Lipinski definition) is 0. The summed E-state index contributed by atoms with van der Waals surface area (Å²) < 4.78 is 0. The van der Waals surface area contributed by atoms with Crippen molar-refractivity contribution in [2.45, 2.75) is 38.5 Å². The molecule has 0 bridgehead atoms. The molecule has 1 saturated heterocycles. The quantitative estimate of drug-likeness (QED) is 0.638. The Morgan fingerprint density at radius 1 is 1.21 bits per heavy atom. The Morgan fingerprint density at radius 2 is 1.79 bits per heavy atom. The second-order valence-corrected chi connectivity index (χ2v) is 5.05. The molecule has 1 aliphatic carbocycles. The van der Waals surface area contributed by atoms with Crippen molar-refractivity contribution in [3.8, 4) is 6.07 Å². The first-order valence-corrected chi connectivity index (χ1v) is 5.87. The van der Waals surface area contributed by atoms with Crippen molar-refractivity contribution in [2.24, 2.45) is 11.3 Å². The van der Waals surface area contributed by atoms with Gasteiger partial charge in [-0.2, -0.15) is 5.26 Å². The minimum atomic E-state index is 0.0447. The van der Waals surface area contributed by atoms with Gasteiger partial charge in [-0.05, 0) is 51.7 Å². The van der Waals surface area contributed by atoms with Crippen molar-refractivity contribution in [1.29, 1.82) is 5.26 Å². The maximum absolute atomic E-state index is 9.42. The monoisotopic (exact) mass is 192 g/mol. The molecule has 0 radical (unpaired) electrons. The van der Waals surface area contributed by atoms with Crippen LogP contribution in [0.5, 0.6) is 0 Å². The maximum atomic E-state index is 9.42. The van der Waals surface area contributed by atoms with Crippen LogP contribution in [0.1, 0.15) is 38.5 Å². The first-order chi connectivity index (χ1) is 6.77. The van der Waals surface area contributed by atoms with E-state index in [2.05, 4.69) is 18.0 Å². The standard InChI is InChI=1S/C12H20N2/c1-14-8-6-12(10-13,7-9-14)11-4-2-3-5-11/h11H,2-9H2,1H3. The zero-order valence-electron chi connectivity index (χ0n) is 9.13. The van der Waals surface area contributed by atoms with Gasteiger partial charge >= 0.3 is 0 Å². The maximum Gasteiger partial charge on any atom is 0.0693 e. The highest BCUT2D eigenvalue weighted by Crippen LogP contribution is 2.46. The lowest BCUT2D eigenvalue weighted by molar-refractivity contribution is 0.113. The molecular formula is C12H20N2. The highest BCUT2D eigenvalue weighted by atomic mass is 15.1. The molecule has 1 heterocycles. The molecule has 2 nitrogen and oxygen atoms in total. The molecule has 0 amide bonds. The molecule has 1 aliphatic heterocycles. The molecule has 2 heteroatoms. The van der Waals surface area contributed by atoms with Crippen molar-refractivity contribution >= 4 is 0 Å². The minimum absolute atomic E-state index is 0.0447. The van der Waals surface area contributed by atoms with E-state index >= 15 is 0 Å². The highest BCUT2D eigenvalue weighted by Gasteiger charge is 2.42. The van der Waals surface area contributed by atoms with Gasteiger partial charge in [0.2, 0.25) is 0 Å². The molecular weight excluding hydrogens is 172 g/mol. The molecule has 0 spiro atoms. The predicted octanol–water partition coefficient (Wildman–Crippen LogP) is 2.41. The fraction of sp³-hybridized carbons (Fsp3) is 0.917. The summed E-state index contributed by atoms with van der Waals surface area (Å²) >= 11 is 0. The van der Waals surface area contributed by atoms with Crippen molar-refractivity contribution in [1.82, 2.24) is 4.90 Å². The van der Waals surface area contributed by atoms with Crippen molar-refractivity contribution < 1.29 is 0 Å². The lowest BCUT2D eigenvalue weighted by Gasteiger charge is -2.39. The molecule has 14 heavy (non-hydrogen) atoms. The second kappa shape index (κ2) is 3.90. The Hall–Kier alpha value is -0.550. The number of rotatable bonds is 1. The SMILES string of the molecule is CN1CCC(C#N)(C2CCCC2)CC1.